The number of para-hydroxylation sites is 1. The van der Waals surface area contributed by atoms with Gasteiger partial charge in [0.2, 0.25) is 0 Å². The van der Waals surface area contributed by atoms with Gasteiger partial charge in [0, 0.05) is 17.8 Å². The van der Waals surface area contributed by atoms with Gasteiger partial charge in [-0.1, -0.05) is 30.3 Å². The summed E-state index contributed by atoms with van der Waals surface area (Å²) in [6.45, 7) is 3.11. The van der Waals surface area contributed by atoms with E-state index in [1.54, 1.807) is 7.11 Å². The number of rotatable bonds is 6. The van der Waals surface area contributed by atoms with E-state index in [9.17, 15) is 0 Å². The van der Waals surface area contributed by atoms with Crippen LogP contribution in [-0.2, 0) is 6.54 Å². The van der Waals surface area contributed by atoms with Crippen LogP contribution in [0, 0.1) is 0 Å². The molecule has 3 nitrogen and oxygen atoms in total. The molecule has 0 saturated carbocycles. The van der Waals surface area contributed by atoms with Crippen molar-refractivity contribution in [2.75, 3.05) is 26.5 Å². The van der Waals surface area contributed by atoms with Crippen molar-refractivity contribution in [1.29, 1.82) is 0 Å². The highest BCUT2D eigenvalue weighted by atomic mass is 16.5. The summed E-state index contributed by atoms with van der Waals surface area (Å²) in [5.74, 6) is 0.918. The molecular formula is C18H24N2O. The molecule has 0 heterocycles. The van der Waals surface area contributed by atoms with E-state index < -0.39 is 0 Å². The van der Waals surface area contributed by atoms with Crippen LogP contribution >= 0.6 is 0 Å². The summed E-state index contributed by atoms with van der Waals surface area (Å²) in [7, 11) is 5.87. The molecule has 0 aliphatic rings. The van der Waals surface area contributed by atoms with Gasteiger partial charge in [-0.25, -0.2) is 0 Å². The van der Waals surface area contributed by atoms with Crippen molar-refractivity contribution in [3.8, 4) is 5.75 Å². The number of hydrogen-bond donors (Lipinski definition) is 1. The maximum Gasteiger partial charge on any atom is 0.124 e. The molecule has 1 N–H and O–H groups in total. The predicted octanol–water partition coefficient (Wildman–Crippen LogP) is 3.93. The first-order chi connectivity index (χ1) is 10.1. The molecule has 112 valence electrons. The van der Waals surface area contributed by atoms with E-state index in [-0.39, 0.29) is 6.04 Å². The van der Waals surface area contributed by atoms with Gasteiger partial charge in [-0.15, -0.1) is 0 Å². The summed E-state index contributed by atoms with van der Waals surface area (Å²) in [4.78, 5) is 2.17. The monoisotopic (exact) mass is 284 g/mol. The Bertz CT molecular complexity index is 564. The van der Waals surface area contributed by atoms with Gasteiger partial charge in [-0.05, 0) is 44.8 Å². The highest BCUT2D eigenvalue weighted by molar-refractivity contribution is 5.48. The highest BCUT2D eigenvalue weighted by Gasteiger charge is 2.10. The Labute approximate surface area is 127 Å². The third-order valence-corrected chi connectivity index (χ3v) is 3.44. The van der Waals surface area contributed by atoms with Crippen molar-refractivity contribution < 1.29 is 4.74 Å². The van der Waals surface area contributed by atoms with Gasteiger partial charge in [0.25, 0.3) is 0 Å². The van der Waals surface area contributed by atoms with E-state index >= 15 is 0 Å². The van der Waals surface area contributed by atoms with E-state index in [0.29, 0.717) is 0 Å². The first-order valence-electron chi connectivity index (χ1n) is 7.23. The van der Waals surface area contributed by atoms with E-state index in [4.69, 9.17) is 4.74 Å². The maximum atomic E-state index is 5.42. The van der Waals surface area contributed by atoms with Crippen LogP contribution in [-0.4, -0.2) is 26.1 Å². The first kappa shape index (κ1) is 15.4. The minimum Gasteiger partial charge on any atom is -0.496 e. The fraction of sp³-hybridized carbons (Fsp3) is 0.333. The molecule has 0 bridgehead atoms. The molecule has 1 atom stereocenters. The van der Waals surface area contributed by atoms with Crippen LogP contribution in [0.3, 0.4) is 0 Å². The van der Waals surface area contributed by atoms with Crippen molar-refractivity contribution in [3.63, 3.8) is 0 Å². The first-order valence-corrected chi connectivity index (χ1v) is 7.23. The smallest absolute Gasteiger partial charge is 0.124 e. The van der Waals surface area contributed by atoms with E-state index in [1.165, 1.54) is 5.56 Å². The minimum atomic E-state index is 0.195. The Kier molecular flexibility index (Phi) is 5.23. The molecule has 2 rings (SSSR count). The van der Waals surface area contributed by atoms with Gasteiger partial charge in [0.15, 0.2) is 0 Å². The molecule has 0 fully saturated rings. The van der Waals surface area contributed by atoms with Gasteiger partial charge >= 0.3 is 0 Å². The Morgan fingerprint density at radius 2 is 1.71 bits per heavy atom. The van der Waals surface area contributed by atoms with Crippen LogP contribution in [0.5, 0.6) is 5.75 Å². The second kappa shape index (κ2) is 7.14. The molecule has 21 heavy (non-hydrogen) atoms. The topological polar surface area (TPSA) is 24.5 Å². The van der Waals surface area contributed by atoms with Crippen LogP contribution in [0.1, 0.15) is 24.1 Å². The predicted molar refractivity (Wildman–Crippen MR) is 88.9 cm³/mol. The Balaban J connectivity index is 2.07. The largest absolute Gasteiger partial charge is 0.496 e. The summed E-state index contributed by atoms with van der Waals surface area (Å²) in [6, 6.07) is 16.9. The molecule has 0 aromatic heterocycles. The second-order valence-electron chi connectivity index (χ2n) is 5.54. The SMILES string of the molecule is COc1ccccc1C(C)Nc1ccc(CN(C)C)cc1. The van der Waals surface area contributed by atoms with Gasteiger partial charge < -0.3 is 15.0 Å². The van der Waals surface area contributed by atoms with Crippen molar-refractivity contribution >= 4 is 5.69 Å². The summed E-state index contributed by atoms with van der Waals surface area (Å²) in [5.41, 5.74) is 3.60. The standard InChI is InChI=1S/C18H24N2O/c1-14(17-7-5-6-8-18(17)21-4)19-16-11-9-15(10-12-16)13-20(2)3/h5-12,14,19H,13H2,1-4H3. The van der Waals surface area contributed by atoms with Crippen LogP contribution in [0.25, 0.3) is 0 Å². The number of nitrogens with one attached hydrogen (secondary N) is 1. The second-order valence-corrected chi connectivity index (χ2v) is 5.54. The van der Waals surface area contributed by atoms with Gasteiger partial charge in [-0.3, -0.25) is 0 Å². The average Bonchev–Trinajstić information content (AvgIpc) is 2.48. The molecule has 3 heteroatoms. The Morgan fingerprint density at radius 3 is 2.33 bits per heavy atom. The third-order valence-electron chi connectivity index (χ3n) is 3.44. The highest BCUT2D eigenvalue weighted by Crippen LogP contribution is 2.27. The lowest BCUT2D eigenvalue weighted by molar-refractivity contribution is 0.402. The molecular weight excluding hydrogens is 260 g/mol. The summed E-state index contributed by atoms with van der Waals surface area (Å²) in [6.07, 6.45) is 0. The quantitative estimate of drug-likeness (QED) is 0.870. The Morgan fingerprint density at radius 1 is 1.05 bits per heavy atom. The van der Waals surface area contributed by atoms with Crippen LogP contribution < -0.4 is 10.1 Å². The Hall–Kier alpha value is -2.00. The zero-order valence-electron chi connectivity index (χ0n) is 13.3. The minimum absolute atomic E-state index is 0.195. The molecule has 0 saturated heterocycles. The van der Waals surface area contributed by atoms with Gasteiger partial charge in [0.05, 0.1) is 13.2 Å². The molecule has 0 aliphatic carbocycles. The normalized spacial score (nSPS) is 12.2. The number of methoxy groups -OCH3 is 1. The fourth-order valence-electron chi connectivity index (χ4n) is 2.42. The van der Waals surface area contributed by atoms with Crippen molar-refractivity contribution in [2.45, 2.75) is 19.5 Å². The lowest BCUT2D eigenvalue weighted by atomic mass is 10.1. The zero-order valence-corrected chi connectivity index (χ0v) is 13.3. The lowest BCUT2D eigenvalue weighted by Crippen LogP contribution is -2.11. The van der Waals surface area contributed by atoms with Crippen LogP contribution in [0.15, 0.2) is 48.5 Å². The zero-order chi connectivity index (χ0) is 15.2. The summed E-state index contributed by atoms with van der Waals surface area (Å²) >= 11 is 0. The summed E-state index contributed by atoms with van der Waals surface area (Å²) in [5, 5.41) is 3.52. The van der Waals surface area contributed by atoms with Gasteiger partial charge in [0.1, 0.15) is 5.75 Å². The molecule has 0 radical (unpaired) electrons. The van der Waals surface area contributed by atoms with Gasteiger partial charge in [-0.2, -0.15) is 0 Å². The van der Waals surface area contributed by atoms with Crippen molar-refractivity contribution in [3.05, 3.63) is 59.7 Å². The number of benzene rings is 2. The molecule has 2 aromatic carbocycles. The summed E-state index contributed by atoms with van der Waals surface area (Å²) < 4.78 is 5.42. The van der Waals surface area contributed by atoms with E-state index in [1.807, 2.05) is 18.2 Å². The van der Waals surface area contributed by atoms with Crippen LogP contribution in [0.4, 0.5) is 5.69 Å². The van der Waals surface area contributed by atoms with E-state index in [0.717, 1.165) is 23.5 Å². The van der Waals surface area contributed by atoms with Crippen molar-refractivity contribution in [1.82, 2.24) is 4.90 Å². The molecule has 0 spiro atoms. The molecule has 2 aromatic rings. The fourth-order valence-corrected chi connectivity index (χ4v) is 2.42. The number of anilines is 1. The molecule has 1 unspecified atom stereocenters. The van der Waals surface area contributed by atoms with E-state index in [2.05, 4.69) is 61.6 Å². The number of hydrogen-bond acceptors (Lipinski definition) is 3. The average molecular weight is 284 g/mol. The maximum absolute atomic E-state index is 5.42. The lowest BCUT2D eigenvalue weighted by Gasteiger charge is -2.19. The molecule has 0 aliphatic heterocycles. The third kappa shape index (κ3) is 4.23. The van der Waals surface area contributed by atoms with Crippen LogP contribution in [0.2, 0.25) is 0 Å². The number of ether oxygens (including phenoxy) is 1. The van der Waals surface area contributed by atoms with Crippen molar-refractivity contribution in [2.24, 2.45) is 0 Å². The molecule has 0 amide bonds. The number of nitrogens with zero attached hydrogens (tertiary/aromatic N) is 1.